The summed E-state index contributed by atoms with van der Waals surface area (Å²) >= 11 is 6.00. The van der Waals surface area contributed by atoms with E-state index >= 15 is 0 Å². The average Bonchev–Trinajstić information content (AvgIpc) is 2.73. The van der Waals surface area contributed by atoms with Gasteiger partial charge >= 0.3 is 0 Å². The van der Waals surface area contributed by atoms with Gasteiger partial charge in [-0.1, -0.05) is 6.42 Å². The number of rotatable bonds is 3. The lowest BCUT2D eigenvalue weighted by Gasteiger charge is -2.37. The smallest absolute Gasteiger partial charge is 0.135 e. The Balaban J connectivity index is 1.91. The fourth-order valence-corrected chi connectivity index (χ4v) is 3.89. The van der Waals surface area contributed by atoms with E-state index in [1.807, 2.05) is 0 Å². The van der Waals surface area contributed by atoms with Crippen LogP contribution in [0.4, 0.5) is 5.82 Å². The maximum absolute atomic E-state index is 6.00. The summed E-state index contributed by atoms with van der Waals surface area (Å²) in [5.41, 5.74) is 2.72. The van der Waals surface area contributed by atoms with E-state index in [0.717, 1.165) is 31.7 Å². The third-order valence-electron chi connectivity index (χ3n) is 4.69. The first-order chi connectivity index (χ1) is 9.90. The van der Waals surface area contributed by atoms with Gasteiger partial charge in [0, 0.05) is 29.7 Å². The van der Waals surface area contributed by atoms with E-state index in [0.29, 0.717) is 6.04 Å². The fourth-order valence-electron chi connectivity index (χ4n) is 3.63. The average molecular weight is 294 g/mol. The first-order valence-corrected chi connectivity index (χ1v) is 8.59. The third-order valence-corrected chi connectivity index (χ3v) is 4.91. The van der Waals surface area contributed by atoms with Crippen molar-refractivity contribution in [3.8, 4) is 0 Å². The van der Waals surface area contributed by atoms with Crippen molar-refractivity contribution in [3.05, 3.63) is 17.6 Å². The van der Waals surface area contributed by atoms with Gasteiger partial charge in [-0.05, 0) is 51.4 Å². The molecular formula is C16H24ClN3. The Morgan fingerprint density at radius 3 is 2.90 bits per heavy atom. The maximum atomic E-state index is 6.00. The van der Waals surface area contributed by atoms with Crippen LogP contribution in [-0.2, 0) is 12.8 Å². The predicted octanol–water partition coefficient (Wildman–Crippen LogP) is 3.73. The molecule has 3 nitrogen and oxygen atoms in total. The zero-order chi connectivity index (χ0) is 13.8. The molecule has 2 heterocycles. The van der Waals surface area contributed by atoms with E-state index < -0.39 is 0 Å². The predicted molar refractivity (Wildman–Crippen MR) is 83.6 cm³/mol. The Morgan fingerprint density at radius 2 is 2.00 bits per heavy atom. The van der Waals surface area contributed by atoms with Crippen molar-refractivity contribution in [1.82, 2.24) is 9.97 Å². The van der Waals surface area contributed by atoms with E-state index in [9.17, 15) is 0 Å². The lowest BCUT2D eigenvalue weighted by Crippen LogP contribution is -2.41. The van der Waals surface area contributed by atoms with Gasteiger partial charge in [0.25, 0.3) is 0 Å². The molecule has 1 saturated heterocycles. The van der Waals surface area contributed by atoms with Gasteiger partial charge in [-0.3, -0.25) is 0 Å². The van der Waals surface area contributed by atoms with Gasteiger partial charge in [0.1, 0.15) is 12.1 Å². The molecule has 1 aliphatic heterocycles. The summed E-state index contributed by atoms with van der Waals surface area (Å²) < 4.78 is 0. The topological polar surface area (TPSA) is 29.0 Å². The highest BCUT2D eigenvalue weighted by molar-refractivity contribution is 6.17. The second kappa shape index (κ2) is 6.75. The minimum atomic E-state index is 0.573. The molecule has 0 amide bonds. The zero-order valence-electron chi connectivity index (χ0n) is 12.2. The molecule has 0 N–H and O–H groups in total. The highest BCUT2D eigenvalue weighted by Gasteiger charge is 2.26. The van der Waals surface area contributed by atoms with E-state index in [1.54, 1.807) is 6.33 Å². The molecule has 1 aromatic heterocycles. The molecule has 0 bridgehead atoms. The standard InChI is InChI=1S/C16H24ClN3/c17-10-9-13-6-4-5-11-20(13)16-14-7-2-1-3-8-15(14)18-12-19-16/h12-13H,1-11H2. The fraction of sp³-hybridized carbons (Fsp3) is 0.750. The molecule has 0 radical (unpaired) electrons. The summed E-state index contributed by atoms with van der Waals surface area (Å²) in [6, 6.07) is 0.573. The van der Waals surface area contributed by atoms with Crippen LogP contribution >= 0.6 is 11.6 Å². The van der Waals surface area contributed by atoms with Crippen molar-refractivity contribution < 1.29 is 0 Å². The minimum absolute atomic E-state index is 0.573. The van der Waals surface area contributed by atoms with E-state index in [1.165, 1.54) is 55.6 Å². The van der Waals surface area contributed by atoms with Gasteiger partial charge in [-0.2, -0.15) is 0 Å². The lowest BCUT2D eigenvalue weighted by atomic mass is 9.98. The number of hydrogen-bond acceptors (Lipinski definition) is 3. The summed E-state index contributed by atoms with van der Waals surface area (Å²) in [7, 11) is 0. The van der Waals surface area contributed by atoms with Crippen LogP contribution in [0.15, 0.2) is 6.33 Å². The van der Waals surface area contributed by atoms with Crippen LogP contribution in [0.1, 0.15) is 56.2 Å². The normalized spacial score (nSPS) is 23.2. The van der Waals surface area contributed by atoms with Gasteiger partial charge in [-0.15, -0.1) is 11.6 Å². The van der Waals surface area contributed by atoms with Gasteiger partial charge in [0.2, 0.25) is 0 Å². The minimum Gasteiger partial charge on any atom is -0.353 e. The number of aromatic nitrogens is 2. The van der Waals surface area contributed by atoms with Gasteiger partial charge < -0.3 is 4.90 Å². The number of piperidine rings is 1. The first-order valence-electron chi connectivity index (χ1n) is 8.05. The van der Waals surface area contributed by atoms with Gasteiger partial charge in [-0.25, -0.2) is 9.97 Å². The SMILES string of the molecule is ClCCC1CCCCN1c1ncnc2c1CCCCC2. The Morgan fingerprint density at radius 1 is 1.10 bits per heavy atom. The van der Waals surface area contributed by atoms with Crippen molar-refractivity contribution in [1.29, 1.82) is 0 Å². The molecule has 20 heavy (non-hydrogen) atoms. The molecule has 4 heteroatoms. The summed E-state index contributed by atoms with van der Waals surface area (Å²) in [6.07, 6.45) is 12.8. The van der Waals surface area contributed by atoms with Crippen molar-refractivity contribution in [2.45, 2.75) is 63.8 Å². The monoisotopic (exact) mass is 293 g/mol. The molecule has 0 spiro atoms. The van der Waals surface area contributed by atoms with Crippen LogP contribution in [0.5, 0.6) is 0 Å². The van der Waals surface area contributed by atoms with Crippen LogP contribution in [-0.4, -0.2) is 28.4 Å². The molecule has 2 aliphatic rings. The first kappa shape index (κ1) is 14.1. The van der Waals surface area contributed by atoms with Gasteiger partial charge in [0.05, 0.1) is 0 Å². The summed E-state index contributed by atoms with van der Waals surface area (Å²) in [5.74, 6) is 1.96. The molecule has 1 aromatic rings. The highest BCUT2D eigenvalue weighted by Crippen LogP contribution is 2.31. The number of hydrogen-bond donors (Lipinski definition) is 0. The molecule has 0 saturated carbocycles. The quantitative estimate of drug-likeness (QED) is 0.628. The zero-order valence-corrected chi connectivity index (χ0v) is 12.9. The number of aryl methyl sites for hydroxylation is 1. The summed E-state index contributed by atoms with van der Waals surface area (Å²) in [6.45, 7) is 1.13. The number of fused-ring (bicyclic) bond motifs is 1. The molecule has 1 atom stereocenters. The number of halogens is 1. The molecule has 3 rings (SSSR count). The highest BCUT2D eigenvalue weighted by atomic mass is 35.5. The Labute approximate surface area is 126 Å². The third kappa shape index (κ3) is 2.93. The van der Waals surface area contributed by atoms with Crippen LogP contribution in [0.25, 0.3) is 0 Å². The van der Waals surface area contributed by atoms with Crippen LogP contribution in [0, 0.1) is 0 Å². The number of anilines is 1. The Kier molecular flexibility index (Phi) is 4.77. The van der Waals surface area contributed by atoms with Crippen LogP contribution in [0.2, 0.25) is 0 Å². The molecule has 1 aliphatic carbocycles. The largest absolute Gasteiger partial charge is 0.353 e. The number of alkyl halides is 1. The van der Waals surface area contributed by atoms with Gasteiger partial charge in [0.15, 0.2) is 0 Å². The van der Waals surface area contributed by atoms with E-state index in [-0.39, 0.29) is 0 Å². The Hall–Kier alpha value is -0.830. The van der Waals surface area contributed by atoms with Crippen LogP contribution in [0.3, 0.4) is 0 Å². The molecular weight excluding hydrogens is 270 g/mol. The second-order valence-electron chi connectivity index (χ2n) is 6.00. The summed E-state index contributed by atoms with van der Waals surface area (Å²) in [5, 5.41) is 0. The molecule has 0 aromatic carbocycles. The maximum Gasteiger partial charge on any atom is 0.135 e. The number of nitrogens with zero attached hydrogens (tertiary/aromatic N) is 3. The van der Waals surface area contributed by atoms with Crippen molar-refractivity contribution in [2.75, 3.05) is 17.3 Å². The molecule has 1 fully saturated rings. The Bertz CT molecular complexity index is 447. The lowest BCUT2D eigenvalue weighted by molar-refractivity contribution is 0.446. The van der Waals surface area contributed by atoms with Crippen LogP contribution < -0.4 is 4.90 Å². The van der Waals surface area contributed by atoms with Crippen molar-refractivity contribution in [2.24, 2.45) is 0 Å². The summed E-state index contributed by atoms with van der Waals surface area (Å²) in [4.78, 5) is 11.7. The second-order valence-corrected chi connectivity index (χ2v) is 6.38. The van der Waals surface area contributed by atoms with E-state index in [2.05, 4.69) is 14.9 Å². The molecule has 110 valence electrons. The van der Waals surface area contributed by atoms with Crippen molar-refractivity contribution in [3.63, 3.8) is 0 Å². The molecule has 1 unspecified atom stereocenters. The van der Waals surface area contributed by atoms with E-state index in [4.69, 9.17) is 11.6 Å². The van der Waals surface area contributed by atoms with Crippen molar-refractivity contribution >= 4 is 17.4 Å².